The Hall–Kier alpha value is -0.950. The van der Waals surface area contributed by atoms with E-state index in [1.165, 1.54) is 0 Å². The Bertz CT molecular complexity index is 513. The minimum Gasteiger partial charge on any atom is -0.326 e. The van der Waals surface area contributed by atoms with E-state index in [1.807, 2.05) is 24.3 Å². The lowest BCUT2D eigenvalue weighted by Gasteiger charge is -2.17. The van der Waals surface area contributed by atoms with Crippen LogP contribution in [0.15, 0.2) is 24.3 Å². The summed E-state index contributed by atoms with van der Waals surface area (Å²) in [5, 5.41) is 0. The molecule has 0 saturated carbocycles. The van der Waals surface area contributed by atoms with Gasteiger partial charge in [-0.25, -0.2) is 13.1 Å². The molecule has 0 aliphatic heterocycles. The van der Waals surface area contributed by atoms with Gasteiger partial charge in [0.15, 0.2) is 0 Å². The molecule has 1 aromatic rings. The van der Waals surface area contributed by atoms with Crippen LogP contribution in [0.25, 0.3) is 0 Å². The van der Waals surface area contributed by atoms with Crippen molar-refractivity contribution >= 4 is 10.0 Å². The van der Waals surface area contributed by atoms with Crippen LogP contribution in [0.1, 0.15) is 31.4 Å². The van der Waals surface area contributed by atoms with E-state index < -0.39 is 10.0 Å². The molecule has 0 aliphatic rings. The predicted molar refractivity (Wildman–Crippen MR) is 87.4 cm³/mol. The summed E-state index contributed by atoms with van der Waals surface area (Å²) in [6.45, 7) is 8.03. The Morgan fingerprint density at radius 1 is 1.19 bits per heavy atom. The molecule has 5 nitrogen and oxygen atoms in total. The number of hydrogen-bond donors (Lipinski definition) is 2. The van der Waals surface area contributed by atoms with Gasteiger partial charge < -0.3 is 10.6 Å². The SMILES string of the molecule is CCN(CC)CCCNS(=O)(=O)Cc1cccc(CN)c1. The van der Waals surface area contributed by atoms with Crippen LogP contribution >= 0.6 is 0 Å². The van der Waals surface area contributed by atoms with Gasteiger partial charge in [-0.05, 0) is 37.2 Å². The number of nitrogens with zero attached hydrogens (tertiary/aromatic N) is 1. The summed E-state index contributed by atoms with van der Waals surface area (Å²) in [6, 6.07) is 7.39. The van der Waals surface area contributed by atoms with Gasteiger partial charge in [0.1, 0.15) is 0 Å². The molecule has 0 radical (unpaired) electrons. The van der Waals surface area contributed by atoms with Gasteiger partial charge in [0, 0.05) is 13.1 Å². The molecule has 21 heavy (non-hydrogen) atoms. The van der Waals surface area contributed by atoms with Crippen LogP contribution in [0.5, 0.6) is 0 Å². The summed E-state index contributed by atoms with van der Waals surface area (Å²) in [7, 11) is -3.28. The minimum absolute atomic E-state index is 0.00606. The maximum Gasteiger partial charge on any atom is 0.215 e. The Balaban J connectivity index is 2.43. The van der Waals surface area contributed by atoms with Gasteiger partial charge in [-0.2, -0.15) is 0 Å². The van der Waals surface area contributed by atoms with Crippen LogP contribution in [0.2, 0.25) is 0 Å². The van der Waals surface area contributed by atoms with Gasteiger partial charge in [-0.3, -0.25) is 0 Å². The van der Waals surface area contributed by atoms with E-state index in [-0.39, 0.29) is 5.75 Å². The van der Waals surface area contributed by atoms with E-state index in [0.29, 0.717) is 13.1 Å². The fourth-order valence-electron chi connectivity index (χ4n) is 2.19. The fraction of sp³-hybridized carbons (Fsp3) is 0.600. The van der Waals surface area contributed by atoms with Gasteiger partial charge in [0.25, 0.3) is 0 Å². The van der Waals surface area contributed by atoms with Crippen molar-refractivity contribution in [2.75, 3.05) is 26.2 Å². The Morgan fingerprint density at radius 3 is 2.48 bits per heavy atom. The molecule has 0 fully saturated rings. The zero-order chi connectivity index (χ0) is 15.7. The quantitative estimate of drug-likeness (QED) is 0.638. The maximum atomic E-state index is 12.0. The first-order valence-electron chi connectivity index (χ1n) is 7.48. The van der Waals surface area contributed by atoms with Crippen LogP contribution in [0.4, 0.5) is 0 Å². The second-order valence-electron chi connectivity index (χ2n) is 5.06. The molecule has 0 amide bonds. The third kappa shape index (κ3) is 7.04. The highest BCUT2D eigenvalue weighted by molar-refractivity contribution is 7.88. The van der Waals surface area contributed by atoms with E-state index in [4.69, 9.17) is 5.73 Å². The Kier molecular flexibility index (Phi) is 7.88. The van der Waals surface area contributed by atoms with Crippen LogP contribution in [-0.4, -0.2) is 39.5 Å². The topological polar surface area (TPSA) is 75.4 Å². The molecule has 0 aliphatic carbocycles. The average molecular weight is 313 g/mol. The standard InChI is InChI=1S/C15H27N3O2S/c1-3-18(4-2)10-6-9-17-21(19,20)13-15-8-5-7-14(11-15)12-16/h5,7-8,11,17H,3-4,6,9-10,12-13,16H2,1-2H3. The van der Waals surface area contributed by atoms with E-state index in [2.05, 4.69) is 23.5 Å². The summed E-state index contributed by atoms with van der Waals surface area (Å²) in [5.74, 6) is 0.00606. The first kappa shape index (κ1) is 18.1. The zero-order valence-electron chi connectivity index (χ0n) is 13.0. The monoisotopic (exact) mass is 313 g/mol. The lowest BCUT2D eigenvalue weighted by atomic mass is 10.1. The first-order chi connectivity index (χ1) is 10.0. The number of nitrogens with two attached hydrogens (primary N) is 1. The highest BCUT2D eigenvalue weighted by atomic mass is 32.2. The second-order valence-corrected chi connectivity index (χ2v) is 6.86. The molecule has 0 bridgehead atoms. The Morgan fingerprint density at radius 2 is 1.86 bits per heavy atom. The predicted octanol–water partition coefficient (Wildman–Crippen LogP) is 1.30. The molecule has 1 rings (SSSR count). The summed E-state index contributed by atoms with van der Waals surface area (Å²) in [4.78, 5) is 2.28. The van der Waals surface area contributed by atoms with Crippen molar-refractivity contribution in [3.8, 4) is 0 Å². The van der Waals surface area contributed by atoms with E-state index in [9.17, 15) is 8.42 Å². The van der Waals surface area contributed by atoms with Crippen LogP contribution in [-0.2, 0) is 22.3 Å². The first-order valence-corrected chi connectivity index (χ1v) is 9.13. The molecule has 0 spiro atoms. The van der Waals surface area contributed by atoms with Crippen molar-refractivity contribution < 1.29 is 8.42 Å². The van der Waals surface area contributed by atoms with E-state index in [0.717, 1.165) is 37.2 Å². The van der Waals surface area contributed by atoms with E-state index >= 15 is 0 Å². The van der Waals surface area contributed by atoms with Crippen molar-refractivity contribution in [3.63, 3.8) is 0 Å². The highest BCUT2D eigenvalue weighted by Crippen LogP contribution is 2.08. The third-order valence-corrected chi connectivity index (χ3v) is 4.81. The van der Waals surface area contributed by atoms with Crippen molar-refractivity contribution in [2.45, 2.75) is 32.6 Å². The largest absolute Gasteiger partial charge is 0.326 e. The van der Waals surface area contributed by atoms with Crippen LogP contribution in [0, 0.1) is 0 Å². The number of hydrogen-bond acceptors (Lipinski definition) is 4. The molecule has 0 saturated heterocycles. The molecular formula is C15H27N3O2S. The number of sulfonamides is 1. The Labute approximate surface area is 128 Å². The van der Waals surface area contributed by atoms with Gasteiger partial charge >= 0.3 is 0 Å². The molecule has 3 N–H and O–H groups in total. The zero-order valence-corrected chi connectivity index (χ0v) is 13.8. The summed E-state index contributed by atoms with van der Waals surface area (Å²) in [5.41, 5.74) is 7.29. The van der Waals surface area contributed by atoms with Gasteiger partial charge in [-0.15, -0.1) is 0 Å². The molecule has 0 heterocycles. The van der Waals surface area contributed by atoms with Gasteiger partial charge in [0.05, 0.1) is 5.75 Å². The smallest absolute Gasteiger partial charge is 0.215 e. The summed E-state index contributed by atoms with van der Waals surface area (Å²) < 4.78 is 26.7. The molecule has 0 unspecified atom stereocenters. The van der Waals surface area contributed by atoms with Crippen LogP contribution in [0.3, 0.4) is 0 Å². The lowest BCUT2D eigenvalue weighted by Crippen LogP contribution is -2.30. The fourth-order valence-corrected chi connectivity index (χ4v) is 3.36. The third-order valence-electron chi connectivity index (χ3n) is 3.45. The van der Waals surface area contributed by atoms with E-state index in [1.54, 1.807) is 0 Å². The highest BCUT2D eigenvalue weighted by Gasteiger charge is 2.11. The summed E-state index contributed by atoms with van der Waals surface area (Å²) in [6.07, 6.45) is 0.823. The molecule has 6 heteroatoms. The van der Waals surface area contributed by atoms with Crippen molar-refractivity contribution in [2.24, 2.45) is 5.73 Å². The number of benzene rings is 1. The van der Waals surface area contributed by atoms with Crippen LogP contribution < -0.4 is 10.5 Å². The van der Waals surface area contributed by atoms with Crippen molar-refractivity contribution in [1.29, 1.82) is 0 Å². The summed E-state index contributed by atoms with van der Waals surface area (Å²) >= 11 is 0. The van der Waals surface area contributed by atoms with Crippen molar-refractivity contribution in [3.05, 3.63) is 35.4 Å². The number of rotatable bonds is 10. The molecule has 0 aromatic heterocycles. The average Bonchev–Trinajstić information content (AvgIpc) is 2.47. The second kappa shape index (κ2) is 9.15. The minimum atomic E-state index is -3.28. The normalized spacial score (nSPS) is 12.0. The maximum absolute atomic E-state index is 12.0. The van der Waals surface area contributed by atoms with Gasteiger partial charge in [0.2, 0.25) is 10.0 Å². The van der Waals surface area contributed by atoms with Crippen molar-refractivity contribution in [1.82, 2.24) is 9.62 Å². The van der Waals surface area contributed by atoms with Gasteiger partial charge in [-0.1, -0.05) is 38.1 Å². The molecule has 0 atom stereocenters. The molecular weight excluding hydrogens is 286 g/mol. The molecule has 120 valence electrons. The number of nitrogens with one attached hydrogen (secondary N) is 1. The molecule has 1 aromatic carbocycles. The lowest BCUT2D eigenvalue weighted by molar-refractivity contribution is 0.300.